The normalized spacial score (nSPS) is 20.7. The van der Waals surface area contributed by atoms with Crippen molar-refractivity contribution in [3.63, 3.8) is 0 Å². The average Bonchev–Trinajstić information content (AvgIpc) is 3.01. The molecule has 2 amide bonds. The van der Waals surface area contributed by atoms with Gasteiger partial charge in [-0.3, -0.25) is 10.1 Å². The molecule has 0 aliphatic carbocycles. The van der Waals surface area contributed by atoms with E-state index in [1.165, 1.54) is 0 Å². The zero-order valence-electron chi connectivity index (χ0n) is 19.1. The summed E-state index contributed by atoms with van der Waals surface area (Å²) < 4.78 is 5.39. The monoisotopic (exact) mass is 439 g/mol. The van der Waals surface area contributed by atoms with E-state index in [-0.39, 0.29) is 12.1 Å². The number of carbonyl (C=O) groups excluding carboxylic acids is 2. The quantitative estimate of drug-likeness (QED) is 0.617. The third kappa shape index (κ3) is 6.31. The van der Waals surface area contributed by atoms with Gasteiger partial charge in [0.25, 0.3) is 0 Å². The second-order valence-electron chi connectivity index (χ2n) is 9.21. The van der Waals surface area contributed by atoms with Gasteiger partial charge in [0.2, 0.25) is 5.91 Å². The highest BCUT2D eigenvalue weighted by Gasteiger charge is 2.43. The van der Waals surface area contributed by atoms with Crippen LogP contribution in [0.4, 0.5) is 4.79 Å². The number of alkyl carbamates (subject to hydrolysis) is 1. The number of hydrogen-bond acceptors (Lipinski definition) is 5. The lowest BCUT2D eigenvalue weighted by molar-refractivity contribution is -0.132. The summed E-state index contributed by atoms with van der Waals surface area (Å²) in [6.45, 7) is 7.67. The predicted molar refractivity (Wildman–Crippen MR) is 123 cm³/mol. The topological polar surface area (TPSA) is 90.9 Å². The molecule has 2 aromatic rings. The van der Waals surface area contributed by atoms with Crippen molar-refractivity contribution < 1.29 is 19.4 Å². The Hall–Kier alpha value is -2.90. The van der Waals surface area contributed by atoms with Crippen molar-refractivity contribution in [1.82, 2.24) is 15.5 Å². The highest BCUT2D eigenvalue weighted by Crippen LogP contribution is 2.20. The Balaban J connectivity index is 1.76. The first-order chi connectivity index (χ1) is 15.1. The van der Waals surface area contributed by atoms with E-state index in [4.69, 9.17) is 4.74 Å². The van der Waals surface area contributed by atoms with Crippen LogP contribution >= 0.6 is 0 Å². The van der Waals surface area contributed by atoms with Gasteiger partial charge in [0.15, 0.2) is 0 Å². The molecule has 7 nitrogen and oxygen atoms in total. The van der Waals surface area contributed by atoms with Crippen molar-refractivity contribution in [3.8, 4) is 0 Å². The molecule has 172 valence electrons. The molecule has 1 saturated heterocycles. The molecule has 0 aromatic heterocycles. The fraction of sp³-hybridized carbons (Fsp3) is 0.440. The number of nitrogens with zero attached hydrogens (tertiary/aromatic N) is 1. The highest BCUT2D eigenvalue weighted by atomic mass is 16.6. The van der Waals surface area contributed by atoms with Gasteiger partial charge in [-0.25, -0.2) is 4.79 Å². The average molecular weight is 440 g/mol. The largest absolute Gasteiger partial charge is 0.444 e. The highest BCUT2D eigenvalue weighted by molar-refractivity contribution is 5.85. The zero-order valence-corrected chi connectivity index (χ0v) is 19.1. The van der Waals surface area contributed by atoms with Crippen LogP contribution in [0, 0.1) is 0 Å². The maximum atomic E-state index is 13.2. The van der Waals surface area contributed by atoms with Crippen molar-refractivity contribution in [2.45, 2.75) is 70.6 Å². The van der Waals surface area contributed by atoms with Crippen LogP contribution in [0.5, 0.6) is 0 Å². The molecule has 1 heterocycles. The number of ether oxygens (including phenoxy) is 1. The molecule has 7 heteroatoms. The van der Waals surface area contributed by atoms with Crippen molar-refractivity contribution in [1.29, 1.82) is 0 Å². The molecule has 3 N–H and O–H groups in total. The third-order valence-electron chi connectivity index (χ3n) is 5.39. The van der Waals surface area contributed by atoms with Crippen LogP contribution in [0.25, 0.3) is 0 Å². The van der Waals surface area contributed by atoms with E-state index in [1.807, 2.05) is 67.6 Å². The van der Waals surface area contributed by atoms with Gasteiger partial charge in [0, 0.05) is 6.54 Å². The maximum absolute atomic E-state index is 13.2. The maximum Gasteiger partial charge on any atom is 0.407 e. The van der Waals surface area contributed by atoms with Gasteiger partial charge >= 0.3 is 6.09 Å². The second kappa shape index (κ2) is 10.1. The summed E-state index contributed by atoms with van der Waals surface area (Å²) in [5, 5.41) is 17.2. The molecule has 0 radical (unpaired) electrons. The number of aliphatic hydroxyl groups is 1. The lowest BCUT2D eigenvalue weighted by atomic mass is 9.96. The molecule has 0 bridgehead atoms. The zero-order chi connectivity index (χ0) is 23.3. The van der Waals surface area contributed by atoms with E-state index in [0.717, 1.165) is 11.1 Å². The van der Waals surface area contributed by atoms with Crippen LogP contribution in [-0.4, -0.2) is 52.0 Å². The fourth-order valence-electron chi connectivity index (χ4n) is 3.85. The van der Waals surface area contributed by atoms with Crippen LogP contribution in [0.15, 0.2) is 60.7 Å². The Morgan fingerprint density at radius 3 is 2.22 bits per heavy atom. The lowest BCUT2D eigenvalue weighted by Gasteiger charge is -2.29. The summed E-state index contributed by atoms with van der Waals surface area (Å²) in [5.74, 6) is -0.196. The molecular formula is C25H33N3O4. The Morgan fingerprint density at radius 1 is 1.09 bits per heavy atom. The van der Waals surface area contributed by atoms with E-state index in [0.29, 0.717) is 13.0 Å². The molecule has 2 unspecified atom stereocenters. The Bertz CT molecular complexity index is 898. The molecular weight excluding hydrogens is 406 g/mol. The Morgan fingerprint density at radius 2 is 1.66 bits per heavy atom. The van der Waals surface area contributed by atoms with Gasteiger partial charge in [-0.2, -0.15) is 0 Å². The molecule has 1 aliphatic heterocycles. The fourth-order valence-corrected chi connectivity index (χ4v) is 3.85. The summed E-state index contributed by atoms with van der Waals surface area (Å²) in [5.41, 5.74) is 1.28. The number of benzene rings is 2. The van der Waals surface area contributed by atoms with E-state index < -0.39 is 29.9 Å². The summed E-state index contributed by atoms with van der Waals surface area (Å²) >= 11 is 0. The van der Waals surface area contributed by atoms with Crippen LogP contribution in [-0.2, 0) is 22.5 Å². The summed E-state index contributed by atoms with van der Waals surface area (Å²) in [6.07, 6.45) is -1.66. The van der Waals surface area contributed by atoms with Crippen molar-refractivity contribution in [2.24, 2.45) is 0 Å². The smallest absolute Gasteiger partial charge is 0.407 e. The number of amides is 2. The summed E-state index contributed by atoms with van der Waals surface area (Å²) in [4.78, 5) is 27.4. The minimum atomic E-state index is -1.14. The molecule has 4 atom stereocenters. The molecule has 0 saturated carbocycles. The number of aliphatic hydroxyl groups excluding tert-OH is 1. The summed E-state index contributed by atoms with van der Waals surface area (Å²) in [6, 6.07) is 17.7. The van der Waals surface area contributed by atoms with Gasteiger partial charge in [-0.05, 0) is 45.2 Å². The molecule has 1 aliphatic rings. The predicted octanol–water partition coefficient (Wildman–Crippen LogP) is 2.83. The number of carbonyl (C=O) groups is 2. The van der Waals surface area contributed by atoms with E-state index >= 15 is 0 Å². The van der Waals surface area contributed by atoms with Crippen LogP contribution in [0.3, 0.4) is 0 Å². The first-order valence-corrected chi connectivity index (χ1v) is 11.0. The van der Waals surface area contributed by atoms with Crippen molar-refractivity contribution in [2.75, 3.05) is 0 Å². The van der Waals surface area contributed by atoms with E-state index in [2.05, 4.69) is 10.6 Å². The summed E-state index contributed by atoms with van der Waals surface area (Å²) in [7, 11) is 0. The first kappa shape index (κ1) is 23.8. The first-order valence-electron chi connectivity index (χ1n) is 11.0. The van der Waals surface area contributed by atoms with Crippen LogP contribution in [0.1, 0.15) is 38.8 Å². The van der Waals surface area contributed by atoms with Gasteiger partial charge < -0.3 is 20.1 Å². The minimum absolute atomic E-state index is 0.196. The van der Waals surface area contributed by atoms with Gasteiger partial charge in [-0.15, -0.1) is 0 Å². The molecule has 0 spiro atoms. The second-order valence-corrected chi connectivity index (χ2v) is 9.21. The van der Waals surface area contributed by atoms with Crippen LogP contribution in [0.2, 0.25) is 0 Å². The Kier molecular flexibility index (Phi) is 7.53. The molecule has 32 heavy (non-hydrogen) atoms. The molecule has 1 fully saturated rings. The molecule has 2 aromatic carbocycles. The van der Waals surface area contributed by atoms with E-state index in [1.54, 1.807) is 25.7 Å². The van der Waals surface area contributed by atoms with Gasteiger partial charge in [0.05, 0.1) is 18.3 Å². The van der Waals surface area contributed by atoms with Crippen LogP contribution < -0.4 is 10.6 Å². The number of rotatable bonds is 7. The van der Waals surface area contributed by atoms with Gasteiger partial charge in [0.1, 0.15) is 11.6 Å². The number of nitrogens with one attached hydrogen (secondary N) is 2. The number of hydrogen-bond donors (Lipinski definition) is 3. The standard InChI is InChI=1S/C25H33N3O4/c1-17-26-21(23(30)28(17)16-19-13-9-6-10-14-19)22(29)20(15-18-11-7-5-8-12-18)27-24(31)32-25(2,3)4/h5-14,17,20-22,26,29H,15-16H2,1-4H3,(H,27,31)/t17?,20-,21?,22+/m0/s1. The van der Waals surface area contributed by atoms with Crippen molar-refractivity contribution >= 4 is 12.0 Å². The van der Waals surface area contributed by atoms with E-state index in [9.17, 15) is 14.7 Å². The van der Waals surface area contributed by atoms with Crippen molar-refractivity contribution in [3.05, 3.63) is 71.8 Å². The third-order valence-corrected chi connectivity index (χ3v) is 5.39. The minimum Gasteiger partial charge on any atom is -0.444 e. The lowest BCUT2D eigenvalue weighted by Crippen LogP contribution is -2.55. The van der Waals surface area contributed by atoms with Gasteiger partial charge in [-0.1, -0.05) is 60.7 Å². The SMILES string of the molecule is CC1NC([C@H](O)[C@H](Cc2ccccc2)NC(=O)OC(C)(C)C)C(=O)N1Cc1ccccc1. The Labute approximate surface area is 189 Å². The molecule has 3 rings (SSSR count).